The Morgan fingerprint density at radius 2 is 1.24 bits per heavy atom. The van der Waals surface area contributed by atoms with Crippen LogP contribution >= 0.6 is 0 Å². The second-order valence-electron chi connectivity index (χ2n) is 10.4. The maximum Gasteiger partial charge on any atom is 0.328 e. The van der Waals surface area contributed by atoms with Gasteiger partial charge in [-0.1, -0.05) is 116 Å². The van der Waals surface area contributed by atoms with Crippen LogP contribution in [0.1, 0.15) is 133 Å². The molecule has 0 aliphatic carbocycles. The molecule has 37 heavy (non-hydrogen) atoms. The quantitative estimate of drug-likeness (QED) is 0.135. The zero-order valence-corrected chi connectivity index (χ0v) is 23.5. The fraction of sp³-hybridized carbons (Fsp3) is 0.606. The molecule has 2 aromatic rings. The van der Waals surface area contributed by atoms with Crippen molar-refractivity contribution in [1.82, 2.24) is 9.97 Å². The minimum atomic E-state index is -0.920. The van der Waals surface area contributed by atoms with Gasteiger partial charge in [-0.05, 0) is 54.5 Å². The van der Waals surface area contributed by atoms with Crippen LogP contribution < -0.4 is 0 Å². The summed E-state index contributed by atoms with van der Waals surface area (Å²) in [5.41, 5.74) is 4.34. The van der Waals surface area contributed by atoms with E-state index in [9.17, 15) is 4.79 Å². The van der Waals surface area contributed by atoms with Crippen molar-refractivity contribution in [3.8, 4) is 11.4 Å². The van der Waals surface area contributed by atoms with E-state index in [-0.39, 0.29) is 0 Å². The number of rotatable bonds is 21. The Balaban J connectivity index is 1.85. The Labute approximate surface area is 226 Å². The molecular weight excluding hydrogens is 456 g/mol. The average molecular weight is 507 g/mol. The molecule has 204 valence electrons. The number of unbranched alkanes of at least 4 members (excludes halogenated alkanes) is 14. The molecule has 1 N–H and O–H groups in total. The lowest BCUT2D eigenvalue weighted by atomic mass is 9.97. The van der Waals surface area contributed by atoms with Gasteiger partial charge in [-0.3, -0.25) is 0 Å². The Kier molecular flexibility index (Phi) is 16.3. The topological polar surface area (TPSA) is 63.1 Å². The van der Waals surface area contributed by atoms with Crippen molar-refractivity contribution in [2.24, 2.45) is 0 Å². The molecule has 0 amide bonds. The van der Waals surface area contributed by atoms with Gasteiger partial charge in [-0.15, -0.1) is 0 Å². The molecule has 2 rings (SSSR count). The monoisotopic (exact) mass is 506 g/mol. The molecular formula is C33H50N2O2. The van der Waals surface area contributed by atoms with Crippen LogP contribution in [-0.2, 0) is 17.6 Å². The summed E-state index contributed by atoms with van der Waals surface area (Å²) in [4.78, 5) is 20.4. The van der Waals surface area contributed by atoms with Crippen molar-refractivity contribution >= 4 is 12.0 Å². The van der Waals surface area contributed by atoms with Crippen molar-refractivity contribution in [2.75, 3.05) is 0 Å². The van der Waals surface area contributed by atoms with Gasteiger partial charge in [0.25, 0.3) is 0 Å². The number of aryl methyl sites for hydroxylation is 2. The maximum absolute atomic E-state index is 11.0. The van der Waals surface area contributed by atoms with E-state index in [4.69, 9.17) is 5.11 Å². The van der Waals surface area contributed by atoms with Crippen LogP contribution in [0.4, 0.5) is 0 Å². The molecule has 0 saturated carbocycles. The SMILES string of the molecule is CCCCCCCCCCCCc1cnc(-c2ccc(/C=C/C(=O)O)c(CCCCCCCC)c2)nc1. The van der Waals surface area contributed by atoms with Gasteiger partial charge in [-0.2, -0.15) is 0 Å². The molecule has 1 aromatic carbocycles. The molecule has 0 radical (unpaired) electrons. The molecule has 0 unspecified atom stereocenters. The first-order valence-corrected chi connectivity index (χ1v) is 15.0. The van der Waals surface area contributed by atoms with Gasteiger partial charge >= 0.3 is 5.97 Å². The van der Waals surface area contributed by atoms with E-state index >= 15 is 0 Å². The van der Waals surface area contributed by atoms with Gasteiger partial charge in [0.05, 0.1) is 0 Å². The van der Waals surface area contributed by atoms with Crippen molar-refractivity contribution in [3.63, 3.8) is 0 Å². The van der Waals surface area contributed by atoms with E-state index < -0.39 is 5.97 Å². The number of benzene rings is 1. The molecule has 0 aliphatic heterocycles. The van der Waals surface area contributed by atoms with Crippen LogP contribution in [0, 0.1) is 0 Å². The predicted octanol–water partition coefficient (Wildman–Crippen LogP) is 9.61. The van der Waals surface area contributed by atoms with Gasteiger partial charge < -0.3 is 5.11 Å². The molecule has 1 aromatic heterocycles. The molecule has 4 nitrogen and oxygen atoms in total. The second-order valence-corrected chi connectivity index (χ2v) is 10.4. The third-order valence-corrected chi connectivity index (χ3v) is 7.13. The lowest BCUT2D eigenvalue weighted by Gasteiger charge is -2.10. The number of carboxylic acids is 1. The van der Waals surface area contributed by atoms with Gasteiger partial charge in [0.15, 0.2) is 5.82 Å². The summed E-state index contributed by atoms with van der Waals surface area (Å²) < 4.78 is 0. The third-order valence-electron chi connectivity index (χ3n) is 7.13. The zero-order chi connectivity index (χ0) is 26.6. The summed E-state index contributed by atoms with van der Waals surface area (Å²) in [6, 6.07) is 6.15. The van der Waals surface area contributed by atoms with Crippen LogP contribution in [0.5, 0.6) is 0 Å². The van der Waals surface area contributed by atoms with Crippen molar-refractivity contribution in [1.29, 1.82) is 0 Å². The van der Waals surface area contributed by atoms with Crippen molar-refractivity contribution in [2.45, 2.75) is 129 Å². The van der Waals surface area contributed by atoms with E-state index in [0.717, 1.165) is 36.2 Å². The molecule has 0 aliphatic rings. The standard InChI is InChI=1S/C33H50N2O2/c1-3-5-7-9-11-12-13-14-15-17-19-28-26-34-33(35-27-28)31-22-21-29(23-24-32(36)37)30(25-31)20-18-16-10-8-6-4-2/h21-27H,3-20H2,1-2H3,(H,36,37)/b24-23+. The minimum absolute atomic E-state index is 0.741. The van der Waals surface area contributed by atoms with Gasteiger partial charge in [0.1, 0.15) is 0 Å². The number of carboxylic acid groups (broad SMARTS) is 1. The highest BCUT2D eigenvalue weighted by Crippen LogP contribution is 2.23. The summed E-state index contributed by atoms with van der Waals surface area (Å²) >= 11 is 0. The van der Waals surface area contributed by atoms with E-state index in [1.807, 2.05) is 24.5 Å². The van der Waals surface area contributed by atoms with Gasteiger partial charge in [-0.25, -0.2) is 14.8 Å². The summed E-state index contributed by atoms with van der Waals surface area (Å²) in [5, 5.41) is 9.07. The van der Waals surface area contributed by atoms with Gasteiger partial charge in [0, 0.05) is 24.0 Å². The molecule has 4 heteroatoms. The maximum atomic E-state index is 11.0. The number of aliphatic carboxylic acids is 1. The minimum Gasteiger partial charge on any atom is -0.478 e. The number of carbonyl (C=O) groups is 1. The van der Waals surface area contributed by atoms with E-state index in [0.29, 0.717) is 0 Å². The first kappa shape index (κ1) is 30.7. The molecule has 0 saturated heterocycles. The highest BCUT2D eigenvalue weighted by Gasteiger charge is 2.08. The molecule has 0 atom stereocenters. The Morgan fingerprint density at radius 1 is 0.730 bits per heavy atom. The molecule has 0 spiro atoms. The van der Waals surface area contributed by atoms with Crippen molar-refractivity contribution < 1.29 is 9.90 Å². The summed E-state index contributed by atoms with van der Waals surface area (Å²) in [6.45, 7) is 4.51. The third kappa shape index (κ3) is 13.6. The van der Waals surface area contributed by atoms with Crippen LogP contribution in [0.3, 0.4) is 0 Å². The van der Waals surface area contributed by atoms with Crippen LogP contribution in [0.2, 0.25) is 0 Å². The Morgan fingerprint density at radius 3 is 1.78 bits per heavy atom. The fourth-order valence-corrected chi connectivity index (χ4v) is 4.83. The summed E-state index contributed by atoms with van der Waals surface area (Å²) in [6.07, 6.45) is 29.7. The normalized spacial score (nSPS) is 11.4. The number of hydrogen-bond donors (Lipinski definition) is 1. The zero-order valence-electron chi connectivity index (χ0n) is 23.5. The largest absolute Gasteiger partial charge is 0.478 e. The first-order chi connectivity index (χ1) is 18.1. The number of aromatic nitrogens is 2. The fourth-order valence-electron chi connectivity index (χ4n) is 4.83. The number of nitrogens with zero attached hydrogens (tertiary/aromatic N) is 2. The Bertz CT molecular complexity index is 905. The highest BCUT2D eigenvalue weighted by atomic mass is 16.4. The summed E-state index contributed by atoms with van der Waals surface area (Å²) in [7, 11) is 0. The van der Waals surface area contributed by atoms with E-state index in [2.05, 4.69) is 29.9 Å². The van der Waals surface area contributed by atoms with Crippen LogP contribution in [-0.4, -0.2) is 21.0 Å². The van der Waals surface area contributed by atoms with Crippen molar-refractivity contribution in [3.05, 3.63) is 53.4 Å². The smallest absolute Gasteiger partial charge is 0.328 e. The molecule has 0 fully saturated rings. The van der Waals surface area contributed by atoms with E-state index in [1.54, 1.807) is 6.08 Å². The first-order valence-electron chi connectivity index (χ1n) is 15.0. The average Bonchev–Trinajstić information content (AvgIpc) is 2.91. The molecule has 0 bridgehead atoms. The Hall–Kier alpha value is -2.49. The number of hydrogen-bond acceptors (Lipinski definition) is 3. The lowest BCUT2D eigenvalue weighted by molar-refractivity contribution is -0.131. The van der Waals surface area contributed by atoms with Crippen LogP contribution in [0.25, 0.3) is 17.5 Å². The molecule has 1 heterocycles. The lowest BCUT2D eigenvalue weighted by Crippen LogP contribution is -1.97. The van der Waals surface area contributed by atoms with Crippen LogP contribution in [0.15, 0.2) is 36.7 Å². The highest BCUT2D eigenvalue weighted by molar-refractivity contribution is 5.85. The van der Waals surface area contributed by atoms with E-state index in [1.165, 1.54) is 114 Å². The second kappa shape index (κ2) is 19.6. The predicted molar refractivity (Wildman–Crippen MR) is 157 cm³/mol. The summed E-state index contributed by atoms with van der Waals surface area (Å²) in [5.74, 6) is -0.180. The van der Waals surface area contributed by atoms with Gasteiger partial charge in [0.2, 0.25) is 0 Å².